The minimum absolute atomic E-state index is 0.259. The fourth-order valence-corrected chi connectivity index (χ4v) is 2.35. The van der Waals surface area contributed by atoms with Gasteiger partial charge in [-0.05, 0) is 54.6 Å². The van der Waals surface area contributed by atoms with Gasteiger partial charge < -0.3 is 15.4 Å². The third-order valence-electron chi connectivity index (χ3n) is 3.68. The summed E-state index contributed by atoms with van der Waals surface area (Å²) in [6.45, 7) is 0. The van der Waals surface area contributed by atoms with Crippen LogP contribution in [0.1, 0.15) is 10.4 Å². The number of anilines is 3. The van der Waals surface area contributed by atoms with Crippen LogP contribution >= 0.6 is 0 Å². The molecule has 1 amide bonds. The molecule has 0 radical (unpaired) electrons. The van der Waals surface area contributed by atoms with Crippen molar-refractivity contribution in [3.8, 4) is 5.75 Å². The van der Waals surface area contributed by atoms with E-state index in [9.17, 15) is 13.6 Å². The Kier molecular flexibility index (Phi) is 5.12. The lowest BCUT2D eigenvalue weighted by Crippen LogP contribution is -2.11. The molecule has 3 aromatic rings. The fraction of sp³-hybridized carbons (Fsp3) is 0.0500. The maximum Gasteiger partial charge on any atom is 0.255 e. The molecule has 6 heteroatoms. The summed E-state index contributed by atoms with van der Waals surface area (Å²) in [5.41, 5.74) is 2.19. The number of hydrogen-bond donors (Lipinski definition) is 2. The lowest BCUT2D eigenvalue weighted by molar-refractivity contribution is 0.102. The zero-order valence-electron chi connectivity index (χ0n) is 13.9. The Morgan fingerprint density at radius 3 is 2.23 bits per heavy atom. The van der Waals surface area contributed by atoms with E-state index >= 15 is 0 Å². The number of carbonyl (C=O) groups is 1. The molecule has 0 saturated carbocycles. The van der Waals surface area contributed by atoms with Gasteiger partial charge in [-0.1, -0.05) is 6.07 Å². The van der Waals surface area contributed by atoms with E-state index in [1.165, 1.54) is 13.2 Å². The van der Waals surface area contributed by atoms with Crippen molar-refractivity contribution in [2.45, 2.75) is 0 Å². The molecule has 3 aromatic carbocycles. The van der Waals surface area contributed by atoms with Crippen molar-refractivity contribution in [3.05, 3.63) is 83.9 Å². The van der Waals surface area contributed by atoms with Crippen molar-refractivity contribution in [3.63, 3.8) is 0 Å². The van der Waals surface area contributed by atoms with Gasteiger partial charge >= 0.3 is 0 Å². The van der Waals surface area contributed by atoms with E-state index in [4.69, 9.17) is 4.74 Å². The molecule has 4 nitrogen and oxygen atoms in total. The van der Waals surface area contributed by atoms with E-state index < -0.39 is 11.6 Å². The second kappa shape index (κ2) is 7.65. The predicted molar refractivity (Wildman–Crippen MR) is 97.0 cm³/mol. The lowest BCUT2D eigenvalue weighted by atomic mass is 10.2. The monoisotopic (exact) mass is 354 g/mol. The van der Waals surface area contributed by atoms with Crippen LogP contribution in [0.3, 0.4) is 0 Å². The molecule has 0 aliphatic rings. The number of ether oxygens (including phenoxy) is 1. The number of amides is 1. The van der Waals surface area contributed by atoms with Gasteiger partial charge in [-0.3, -0.25) is 4.79 Å². The van der Waals surface area contributed by atoms with Gasteiger partial charge in [0.15, 0.2) is 11.6 Å². The van der Waals surface area contributed by atoms with Crippen LogP contribution in [0.25, 0.3) is 0 Å². The van der Waals surface area contributed by atoms with Gasteiger partial charge in [0.1, 0.15) is 5.75 Å². The highest BCUT2D eigenvalue weighted by atomic mass is 19.2. The molecule has 26 heavy (non-hydrogen) atoms. The molecule has 0 aliphatic heterocycles. The summed E-state index contributed by atoms with van der Waals surface area (Å²) < 4.78 is 31.3. The minimum atomic E-state index is -0.919. The van der Waals surface area contributed by atoms with Crippen LogP contribution in [-0.4, -0.2) is 13.0 Å². The van der Waals surface area contributed by atoms with Crippen molar-refractivity contribution in [2.75, 3.05) is 17.7 Å². The number of rotatable bonds is 5. The van der Waals surface area contributed by atoms with Gasteiger partial charge in [0.2, 0.25) is 0 Å². The largest absolute Gasteiger partial charge is 0.497 e. The van der Waals surface area contributed by atoms with E-state index in [-0.39, 0.29) is 5.91 Å². The highest BCUT2D eigenvalue weighted by Gasteiger charge is 2.07. The van der Waals surface area contributed by atoms with Gasteiger partial charge in [0.25, 0.3) is 5.91 Å². The summed E-state index contributed by atoms with van der Waals surface area (Å²) >= 11 is 0. The van der Waals surface area contributed by atoms with Gasteiger partial charge in [-0.2, -0.15) is 0 Å². The molecule has 0 atom stereocenters. The van der Waals surface area contributed by atoms with Crippen LogP contribution in [0.2, 0.25) is 0 Å². The van der Waals surface area contributed by atoms with Crippen LogP contribution in [0.15, 0.2) is 66.7 Å². The zero-order valence-corrected chi connectivity index (χ0v) is 13.9. The molecule has 0 spiro atoms. The topological polar surface area (TPSA) is 50.4 Å². The van der Waals surface area contributed by atoms with Gasteiger partial charge in [0.05, 0.1) is 7.11 Å². The van der Waals surface area contributed by atoms with E-state index in [0.717, 1.165) is 12.1 Å². The molecule has 0 aliphatic carbocycles. The number of nitrogens with one attached hydrogen (secondary N) is 2. The summed E-state index contributed by atoms with van der Waals surface area (Å²) in [5, 5.41) is 5.75. The van der Waals surface area contributed by atoms with Gasteiger partial charge in [0, 0.05) is 28.7 Å². The molecule has 0 saturated heterocycles. The second-order valence-electron chi connectivity index (χ2n) is 5.52. The smallest absolute Gasteiger partial charge is 0.255 e. The third-order valence-corrected chi connectivity index (χ3v) is 3.68. The van der Waals surface area contributed by atoms with Crippen LogP contribution < -0.4 is 15.4 Å². The summed E-state index contributed by atoms with van der Waals surface area (Å²) in [6.07, 6.45) is 0. The predicted octanol–water partition coefficient (Wildman–Crippen LogP) is 4.97. The Hall–Kier alpha value is -3.41. The molecule has 2 N–H and O–H groups in total. The first-order valence-corrected chi connectivity index (χ1v) is 7.83. The summed E-state index contributed by atoms with van der Waals surface area (Å²) in [6, 6.07) is 17.3. The van der Waals surface area contributed by atoms with Crippen molar-refractivity contribution >= 4 is 23.0 Å². The maximum absolute atomic E-state index is 13.2. The average molecular weight is 354 g/mol. The van der Waals surface area contributed by atoms with Crippen LogP contribution in [0, 0.1) is 11.6 Å². The van der Waals surface area contributed by atoms with Gasteiger partial charge in [-0.15, -0.1) is 0 Å². The van der Waals surface area contributed by atoms with Crippen molar-refractivity contribution in [1.29, 1.82) is 0 Å². The lowest BCUT2D eigenvalue weighted by Gasteiger charge is -2.09. The molecular weight excluding hydrogens is 338 g/mol. The molecule has 3 rings (SSSR count). The summed E-state index contributed by atoms with van der Waals surface area (Å²) in [5.74, 6) is -1.47. The Labute approximate surface area is 149 Å². The first-order valence-electron chi connectivity index (χ1n) is 7.83. The standard InChI is InChI=1S/C20H16F2N2O2/c1-26-17-4-2-3-13(11-17)20(25)24-15-7-5-14(6-8-15)23-16-9-10-18(21)19(22)12-16/h2-12,23H,1H3,(H,24,25). The van der Waals surface area contributed by atoms with Crippen molar-refractivity contribution < 1.29 is 18.3 Å². The summed E-state index contributed by atoms with van der Waals surface area (Å²) in [4.78, 5) is 12.3. The average Bonchev–Trinajstić information content (AvgIpc) is 2.66. The number of methoxy groups -OCH3 is 1. The highest BCUT2D eigenvalue weighted by Crippen LogP contribution is 2.21. The SMILES string of the molecule is COc1cccc(C(=O)Nc2ccc(Nc3ccc(F)c(F)c3)cc2)c1. The van der Waals surface area contributed by atoms with E-state index in [1.54, 1.807) is 48.5 Å². The fourth-order valence-electron chi connectivity index (χ4n) is 2.35. The van der Waals surface area contributed by atoms with Crippen molar-refractivity contribution in [1.82, 2.24) is 0 Å². The number of carbonyl (C=O) groups excluding carboxylic acids is 1. The van der Waals surface area contributed by atoms with Crippen LogP contribution in [0.5, 0.6) is 5.75 Å². The highest BCUT2D eigenvalue weighted by molar-refractivity contribution is 6.04. The normalized spacial score (nSPS) is 10.3. The number of halogens is 2. The second-order valence-corrected chi connectivity index (χ2v) is 5.52. The Morgan fingerprint density at radius 2 is 1.54 bits per heavy atom. The molecule has 0 bridgehead atoms. The zero-order chi connectivity index (χ0) is 18.5. The minimum Gasteiger partial charge on any atom is -0.497 e. The quantitative estimate of drug-likeness (QED) is 0.680. The van der Waals surface area contributed by atoms with E-state index in [0.29, 0.717) is 28.4 Å². The first kappa shape index (κ1) is 17.4. The van der Waals surface area contributed by atoms with Crippen LogP contribution in [0.4, 0.5) is 25.8 Å². The van der Waals surface area contributed by atoms with Gasteiger partial charge in [-0.25, -0.2) is 8.78 Å². The maximum atomic E-state index is 13.2. The molecule has 132 valence electrons. The van der Waals surface area contributed by atoms with Crippen molar-refractivity contribution in [2.24, 2.45) is 0 Å². The van der Waals surface area contributed by atoms with Crippen LogP contribution in [-0.2, 0) is 0 Å². The molecule has 0 unspecified atom stereocenters. The Bertz CT molecular complexity index is 927. The molecule has 0 fully saturated rings. The first-order chi connectivity index (χ1) is 12.5. The van der Waals surface area contributed by atoms with E-state index in [2.05, 4.69) is 10.6 Å². The Balaban J connectivity index is 1.67. The summed E-state index contributed by atoms with van der Waals surface area (Å²) in [7, 11) is 1.54. The number of hydrogen-bond acceptors (Lipinski definition) is 3. The Morgan fingerprint density at radius 1 is 0.846 bits per heavy atom. The molecular formula is C20H16F2N2O2. The van der Waals surface area contributed by atoms with E-state index in [1.807, 2.05) is 0 Å². The molecule has 0 aromatic heterocycles. The molecule has 0 heterocycles. The number of benzene rings is 3. The third kappa shape index (κ3) is 4.16.